The Hall–Kier alpha value is -2.75. The molecule has 4 nitrogen and oxygen atoms in total. The van der Waals surface area contributed by atoms with Gasteiger partial charge in [-0.25, -0.2) is 4.79 Å². The summed E-state index contributed by atoms with van der Waals surface area (Å²) in [6.07, 6.45) is 6.12. The van der Waals surface area contributed by atoms with Gasteiger partial charge in [0.15, 0.2) is 5.78 Å². The number of rotatable bonds is 4. The summed E-state index contributed by atoms with van der Waals surface area (Å²) >= 11 is 0. The summed E-state index contributed by atoms with van der Waals surface area (Å²) in [6, 6.07) is 10.3. The third-order valence-electron chi connectivity index (χ3n) is 2.73. The van der Waals surface area contributed by atoms with Crippen molar-refractivity contribution in [2.75, 3.05) is 7.11 Å². The van der Waals surface area contributed by atoms with Crippen molar-refractivity contribution in [3.8, 4) is 0 Å². The third-order valence-corrected chi connectivity index (χ3v) is 2.73. The molecule has 1 aromatic carbocycles. The maximum atomic E-state index is 11.9. The van der Waals surface area contributed by atoms with Crippen molar-refractivity contribution in [1.82, 2.24) is 4.98 Å². The molecule has 0 unspecified atom stereocenters. The maximum Gasteiger partial charge on any atom is 0.338 e. The average molecular weight is 267 g/mol. The van der Waals surface area contributed by atoms with Crippen molar-refractivity contribution in [2.45, 2.75) is 0 Å². The van der Waals surface area contributed by atoms with Crippen LogP contribution in [0.25, 0.3) is 6.08 Å². The molecule has 0 spiro atoms. The maximum absolute atomic E-state index is 11.9. The van der Waals surface area contributed by atoms with E-state index in [2.05, 4.69) is 4.98 Å². The summed E-state index contributed by atoms with van der Waals surface area (Å²) in [5.74, 6) is -0.600. The van der Waals surface area contributed by atoms with Gasteiger partial charge in [0.05, 0.1) is 12.7 Å². The van der Waals surface area contributed by atoms with E-state index in [1.165, 1.54) is 19.4 Å². The van der Waals surface area contributed by atoms with Crippen LogP contribution in [0.5, 0.6) is 0 Å². The monoisotopic (exact) mass is 267 g/mol. The van der Waals surface area contributed by atoms with Gasteiger partial charge in [-0.15, -0.1) is 0 Å². The van der Waals surface area contributed by atoms with Crippen molar-refractivity contribution in [1.29, 1.82) is 0 Å². The van der Waals surface area contributed by atoms with Crippen LogP contribution in [0, 0.1) is 0 Å². The molecule has 1 aromatic heterocycles. The van der Waals surface area contributed by atoms with Crippen LogP contribution in [0.15, 0.2) is 54.9 Å². The summed E-state index contributed by atoms with van der Waals surface area (Å²) in [7, 11) is 1.32. The number of nitrogens with zero attached hydrogens (tertiary/aromatic N) is 1. The lowest BCUT2D eigenvalue weighted by Gasteiger charge is -2.03. The zero-order valence-electron chi connectivity index (χ0n) is 10.9. The number of hydrogen-bond acceptors (Lipinski definition) is 4. The molecule has 100 valence electrons. The second-order valence-electron chi connectivity index (χ2n) is 4.02. The lowest BCUT2D eigenvalue weighted by Crippen LogP contribution is -2.03. The Bertz CT molecular complexity index is 648. The standard InChI is InChI=1S/C16H13NO3/c1-20-16(19)14-7-3-2-5-12(14)8-9-15(18)13-6-4-10-17-11-13/h2-11H,1H3/b9-8+. The molecule has 0 aliphatic carbocycles. The summed E-state index contributed by atoms with van der Waals surface area (Å²) < 4.78 is 4.70. The van der Waals surface area contributed by atoms with Gasteiger partial charge in [0, 0.05) is 18.0 Å². The Morgan fingerprint density at radius 3 is 2.65 bits per heavy atom. The number of carbonyl (C=O) groups is 2. The van der Waals surface area contributed by atoms with E-state index in [0.717, 1.165) is 0 Å². The van der Waals surface area contributed by atoms with Crippen molar-refractivity contribution in [3.63, 3.8) is 0 Å². The number of esters is 1. The smallest absolute Gasteiger partial charge is 0.338 e. The highest BCUT2D eigenvalue weighted by molar-refractivity contribution is 6.07. The molecular weight excluding hydrogens is 254 g/mol. The average Bonchev–Trinajstić information content (AvgIpc) is 2.53. The molecule has 2 aromatic rings. The van der Waals surface area contributed by atoms with Crippen molar-refractivity contribution >= 4 is 17.8 Å². The fourth-order valence-corrected chi connectivity index (χ4v) is 1.71. The molecule has 0 saturated heterocycles. The first-order chi connectivity index (χ1) is 9.72. The molecule has 0 fully saturated rings. The number of allylic oxidation sites excluding steroid dienone is 1. The fourth-order valence-electron chi connectivity index (χ4n) is 1.71. The van der Waals surface area contributed by atoms with Crippen LogP contribution in [0.2, 0.25) is 0 Å². The number of hydrogen-bond donors (Lipinski definition) is 0. The SMILES string of the molecule is COC(=O)c1ccccc1/C=C/C(=O)c1cccnc1. The molecule has 1 heterocycles. The van der Waals surface area contributed by atoms with Crippen LogP contribution in [-0.4, -0.2) is 23.8 Å². The lowest BCUT2D eigenvalue weighted by atomic mass is 10.1. The van der Waals surface area contributed by atoms with E-state index in [1.54, 1.807) is 48.7 Å². The fraction of sp³-hybridized carbons (Fsp3) is 0.0625. The first-order valence-electron chi connectivity index (χ1n) is 6.02. The number of ether oxygens (including phenoxy) is 1. The first-order valence-corrected chi connectivity index (χ1v) is 6.02. The number of aromatic nitrogens is 1. The van der Waals surface area contributed by atoms with Gasteiger partial charge >= 0.3 is 5.97 Å². The molecule has 0 radical (unpaired) electrons. The highest BCUT2D eigenvalue weighted by Crippen LogP contribution is 2.12. The summed E-state index contributed by atoms with van der Waals surface area (Å²) in [5, 5.41) is 0. The lowest BCUT2D eigenvalue weighted by molar-refractivity contribution is 0.0600. The summed E-state index contributed by atoms with van der Waals surface area (Å²) in [6.45, 7) is 0. The van der Waals surface area contributed by atoms with Crippen molar-refractivity contribution in [3.05, 3.63) is 71.6 Å². The van der Waals surface area contributed by atoms with Gasteiger partial charge in [0.25, 0.3) is 0 Å². The predicted octanol–water partition coefficient (Wildman–Crippen LogP) is 2.76. The highest BCUT2D eigenvalue weighted by Gasteiger charge is 2.09. The molecule has 2 rings (SSSR count). The number of benzene rings is 1. The van der Waals surface area contributed by atoms with Gasteiger partial charge in [-0.05, 0) is 29.8 Å². The second-order valence-corrected chi connectivity index (χ2v) is 4.02. The van der Waals surface area contributed by atoms with Gasteiger partial charge in [-0.1, -0.05) is 24.3 Å². The predicted molar refractivity (Wildman–Crippen MR) is 75.4 cm³/mol. The number of ketones is 1. The number of carbonyl (C=O) groups excluding carboxylic acids is 2. The molecule has 0 bridgehead atoms. The van der Waals surface area contributed by atoms with Gasteiger partial charge in [-0.3, -0.25) is 9.78 Å². The minimum Gasteiger partial charge on any atom is -0.465 e. The third kappa shape index (κ3) is 3.17. The van der Waals surface area contributed by atoms with E-state index < -0.39 is 5.97 Å². The topological polar surface area (TPSA) is 56.3 Å². The molecule has 0 aliphatic heterocycles. The van der Waals surface area contributed by atoms with Crippen LogP contribution >= 0.6 is 0 Å². The van der Waals surface area contributed by atoms with Gasteiger partial charge in [0.2, 0.25) is 0 Å². The summed E-state index contributed by atoms with van der Waals surface area (Å²) in [5.41, 5.74) is 1.56. The van der Waals surface area contributed by atoms with Crippen molar-refractivity contribution in [2.24, 2.45) is 0 Å². The van der Waals surface area contributed by atoms with Gasteiger partial charge in [-0.2, -0.15) is 0 Å². The number of methoxy groups -OCH3 is 1. The number of pyridine rings is 1. The Balaban J connectivity index is 2.24. The van der Waals surface area contributed by atoms with Gasteiger partial charge < -0.3 is 4.74 Å². The molecule has 0 aliphatic rings. The zero-order chi connectivity index (χ0) is 14.4. The molecule has 0 atom stereocenters. The summed E-state index contributed by atoms with van der Waals surface area (Å²) in [4.78, 5) is 27.4. The molecule has 20 heavy (non-hydrogen) atoms. The Labute approximate surface area is 116 Å². The van der Waals surface area contributed by atoms with Crippen LogP contribution in [0.1, 0.15) is 26.3 Å². The van der Waals surface area contributed by atoms with Crippen molar-refractivity contribution < 1.29 is 14.3 Å². The zero-order valence-corrected chi connectivity index (χ0v) is 10.9. The molecule has 0 N–H and O–H groups in total. The van der Waals surface area contributed by atoms with E-state index in [-0.39, 0.29) is 5.78 Å². The first kappa shape index (κ1) is 13.7. The minimum absolute atomic E-state index is 0.169. The van der Waals surface area contributed by atoms with E-state index >= 15 is 0 Å². The van der Waals surface area contributed by atoms with Crippen LogP contribution < -0.4 is 0 Å². The van der Waals surface area contributed by atoms with Crippen LogP contribution in [0.4, 0.5) is 0 Å². The molecule has 4 heteroatoms. The largest absolute Gasteiger partial charge is 0.465 e. The van der Waals surface area contributed by atoms with Crippen LogP contribution in [0.3, 0.4) is 0 Å². The quantitative estimate of drug-likeness (QED) is 0.485. The van der Waals surface area contributed by atoms with E-state index in [9.17, 15) is 9.59 Å². The molecule has 0 saturated carbocycles. The Morgan fingerprint density at radius 1 is 1.15 bits per heavy atom. The van der Waals surface area contributed by atoms with Gasteiger partial charge in [0.1, 0.15) is 0 Å². The van der Waals surface area contributed by atoms with E-state index in [0.29, 0.717) is 16.7 Å². The second kappa shape index (κ2) is 6.43. The molecular formula is C16H13NO3. The van der Waals surface area contributed by atoms with E-state index in [1.807, 2.05) is 0 Å². The van der Waals surface area contributed by atoms with Crippen LogP contribution in [-0.2, 0) is 4.74 Å². The Kier molecular flexibility index (Phi) is 4.39. The van der Waals surface area contributed by atoms with E-state index in [4.69, 9.17) is 4.74 Å². The highest BCUT2D eigenvalue weighted by atomic mass is 16.5. The molecule has 0 amide bonds. The normalized spacial score (nSPS) is 10.4. The Morgan fingerprint density at radius 2 is 1.95 bits per heavy atom. The minimum atomic E-state index is -0.431.